The predicted octanol–water partition coefficient (Wildman–Crippen LogP) is 4.89. The lowest BCUT2D eigenvalue weighted by molar-refractivity contribution is -0.0298. The van der Waals surface area contributed by atoms with E-state index >= 15 is 0 Å². The first-order chi connectivity index (χ1) is 17.0. The number of imidazole rings is 2. The molecule has 1 saturated heterocycles. The lowest BCUT2D eigenvalue weighted by Gasteiger charge is -2.24. The van der Waals surface area contributed by atoms with Crippen LogP contribution in [0.3, 0.4) is 0 Å². The number of hydrogen-bond donors (Lipinski definition) is 1. The van der Waals surface area contributed by atoms with Gasteiger partial charge < -0.3 is 10.5 Å². The van der Waals surface area contributed by atoms with Crippen LogP contribution in [-0.2, 0) is 4.74 Å². The quantitative estimate of drug-likeness (QED) is 0.348. The molecule has 1 fully saturated rings. The van der Waals surface area contributed by atoms with Crippen molar-refractivity contribution < 1.29 is 9.13 Å². The molecule has 0 bridgehead atoms. The van der Waals surface area contributed by atoms with Crippen LogP contribution >= 0.6 is 15.9 Å². The smallest absolute Gasteiger partial charge is 0.167 e. The Balaban J connectivity index is 1.53. The molecular weight excluding hydrogens is 515 g/mol. The number of nitrogens with zero attached hydrogens (tertiary/aromatic N) is 7. The molecule has 1 aromatic carbocycles. The van der Waals surface area contributed by atoms with E-state index in [1.54, 1.807) is 18.6 Å². The van der Waals surface area contributed by atoms with Crippen molar-refractivity contribution in [2.45, 2.75) is 38.3 Å². The fourth-order valence-corrected chi connectivity index (χ4v) is 5.06. The Hall–Kier alpha value is -3.44. The average molecular weight is 537 g/mol. The van der Waals surface area contributed by atoms with Crippen LogP contribution in [0.25, 0.3) is 28.0 Å². The zero-order chi connectivity index (χ0) is 24.1. The standard InChI is InChI=1S/C24H22BrFN8O/c1-13(22-31-21(27)19-24(32-22)33(12-29-19)17-7-3-5-11-35-17)23-30-15-9-8-14(26)18(25)20(15)34(23)16-6-2-4-10-28-16/h2,4,6,8-10,12-13,17H,3,5,7,11H2,1H3,(H2,27,31,32)/t13?,17-/m0/s1. The van der Waals surface area contributed by atoms with Crippen LogP contribution in [-0.4, -0.2) is 40.7 Å². The minimum atomic E-state index is -0.387. The second kappa shape index (κ2) is 8.65. The Labute approximate surface area is 208 Å². The average Bonchev–Trinajstić information content (AvgIpc) is 3.50. The number of rotatable bonds is 4. The molecule has 5 aromatic rings. The van der Waals surface area contributed by atoms with Crippen LogP contribution in [0, 0.1) is 5.82 Å². The summed E-state index contributed by atoms with van der Waals surface area (Å²) in [4.78, 5) is 23.2. The van der Waals surface area contributed by atoms with Gasteiger partial charge in [0.1, 0.15) is 35.0 Å². The highest BCUT2D eigenvalue weighted by molar-refractivity contribution is 9.10. The van der Waals surface area contributed by atoms with Crippen molar-refractivity contribution in [1.29, 1.82) is 0 Å². The number of anilines is 1. The van der Waals surface area contributed by atoms with Gasteiger partial charge in [0.05, 0.1) is 27.8 Å². The SMILES string of the molecule is CC(c1nc(N)c2ncn([C@@H]3CCCCO3)c2n1)c1nc2ccc(F)c(Br)c2n1-c1ccccn1. The highest BCUT2D eigenvalue weighted by Crippen LogP contribution is 2.35. The molecule has 1 unspecified atom stereocenters. The van der Waals surface area contributed by atoms with E-state index in [0.717, 1.165) is 19.3 Å². The van der Waals surface area contributed by atoms with Gasteiger partial charge >= 0.3 is 0 Å². The third-order valence-corrected chi connectivity index (χ3v) is 7.07. The molecule has 35 heavy (non-hydrogen) atoms. The Morgan fingerprint density at radius 3 is 2.80 bits per heavy atom. The molecule has 9 nitrogen and oxygen atoms in total. The van der Waals surface area contributed by atoms with Gasteiger partial charge in [0, 0.05) is 12.8 Å². The van der Waals surface area contributed by atoms with Gasteiger partial charge in [-0.15, -0.1) is 0 Å². The maximum Gasteiger partial charge on any atom is 0.167 e. The van der Waals surface area contributed by atoms with Crippen LogP contribution < -0.4 is 5.73 Å². The van der Waals surface area contributed by atoms with Gasteiger partial charge in [-0.3, -0.25) is 9.13 Å². The van der Waals surface area contributed by atoms with E-state index in [9.17, 15) is 4.39 Å². The van der Waals surface area contributed by atoms with Crippen molar-refractivity contribution in [2.75, 3.05) is 12.3 Å². The van der Waals surface area contributed by atoms with Gasteiger partial charge in [-0.05, 0) is 66.4 Å². The fraction of sp³-hybridized carbons (Fsp3) is 0.292. The fourth-order valence-electron chi connectivity index (χ4n) is 4.55. The van der Waals surface area contributed by atoms with Crippen LogP contribution in [0.4, 0.5) is 10.2 Å². The topological polar surface area (TPSA) is 110 Å². The van der Waals surface area contributed by atoms with Crippen LogP contribution in [0.2, 0.25) is 0 Å². The molecular formula is C24H22BrFN8O. The molecule has 6 rings (SSSR count). The Kier molecular flexibility index (Phi) is 5.45. The van der Waals surface area contributed by atoms with E-state index in [-0.39, 0.29) is 18.0 Å². The number of hydrogen-bond acceptors (Lipinski definition) is 7. The first-order valence-corrected chi connectivity index (χ1v) is 12.2. The molecule has 0 saturated carbocycles. The lowest BCUT2D eigenvalue weighted by Crippen LogP contribution is -2.18. The molecule has 0 radical (unpaired) electrons. The molecule has 2 atom stereocenters. The number of aromatic nitrogens is 7. The normalized spacial score (nSPS) is 17.3. The second-order valence-electron chi connectivity index (χ2n) is 8.56. The van der Waals surface area contributed by atoms with E-state index in [2.05, 4.69) is 30.9 Å². The highest BCUT2D eigenvalue weighted by Gasteiger charge is 2.27. The van der Waals surface area contributed by atoms with E-state index in [4.69, 9.17) is 20.4 Å². The molecule has 1 aliphatic rings. The predicted molar refractivity (Wildman–Crippen MR) is 133 cm³/mol. The molecule has 0 spiro atoms. The molecule has 1 aliphatic heterocycles. The Morgan fingerprint density at radius 1 is 1.14 bits per heavy atom. The number of pyridine rings is 1. The molecule has 11 heteroatoms. The number of benzene rings is 1. The summed E-state index contributed by atoms with van der Waals surface area (Å²) in [5.41, 5.74) is 8.69. The van der Waals surface area contributed by atoms with E-state index in [1.807, 2.05) is 34.3 Å². The monoisotopic (exact) mass is 536 g/mol. The summed E-state index contributed by atoms with van der Waals surface area (Å²) in [7, 11) is 0. The summed E-state index contributed by atoms with van der Waals surface area (Å²) in [5, 5.41) is 0. The zero-order valence-corrected chi connectivity index (χ0v) is 20.5. The van der Waals surface area contributed by atoms with Crippen LogP contribution in [0.5, 0.6) is 0 Å². The number of halogens is 2. The van der Waals surface area contributed by atoms with Gasteiger partial charge in [0.15, 0.2) is 11.5 Å². The largest absolute Gasteiger partial charge is 0.382 e. The van der Waals surface area contributed by atoms with Crippen molar-refractivity contribution in [3.63, 3.8) is 0 Å². The number of nitrogen functional groups attached to an aromatic ring is 1. The van der Waals surface area contributed by atoms with Gasteiger partial charge in [-0.25, -0.2) is 29.3 Å². The van der Waals surface area contributed by atoms with E-state index < -0.39 is 0 Å². The van der Waals surface area contributed by atoms with Crippen molar-refractivity contribution in [1.82, 2.24) is 34.1 Å². The summed E-state index contributed by atoms with van der Waals surface area (Å²) in [6, 6.07) is 8.59. The Bertz CT molecular complexity index is 1540. The summed E-state index contributed by atoms with van der Waals surface area (Å²) in [6.45, 7) is 2.65. The maximum atomic E-state index is 14.5. The van der Waals surface area contributed by atoms with E-state index in [0.29, 0.717) is 56.6 Å². The first-order valence-electron chi connectivity index (χ1n) is 11.4. The minimum absolute atomic E-state index is 0.136. The number of ether oxygens (including phenoxy) is 1. The lowest BCUT2D eigenvalue weighted by atomic mass is 10.1. The zero-order valence-electron chi connectivity index (χ0n) is 18.9. The van der Waals surface area contributed by atoms with Crippen LogP contribution in [0.1, 0.15) is 50.0 Å². The molecule has 0 aliphatic carbocycles. The van der Waals surface area contributed by atoms with Gasteiger partial charge in [0.25, 0.3) is 0 Å². The molecule has 2 N–H and O–H groups in total. The van der Waals surface area contributed by atoms with Crippen LogP contribution in [0.15, 0.2) is 47.3 Å². The summed E-state index contributed by atoms with van der Waals surface area (Å²) >= 11 is 3.40. The number of fused-ring (bicyclic) bond motifs is 2. The summed E-state index contributed by atoms with van der Waals surface area (Å²) in [6.07, 6.45) is 6.27. The maximum absolute atomic E-state index is 14.5. The van der Waals surface area contributed by atoms with Crippen molar-refractivity contribution >= 4 is 43.9 Å². The van der Waals surface area contributed by atoms with E-state index in [1.165, 1.54) is 6.07 Å². The molecule has 0 amide bonds. The third kappa shape index (κ3) is 3.66. The summed E-state index contributed by atoms with van der Waals surface area (Å²) < 4.78 is 24.5. The Morgan fingerprint density at radius 2 is 2.03 bits per heavy atom. The number of nitrogens with two attached hydrogens (primary N) is 1. The first kappa shape index (κ1) is 22.1. The molecule has 4 aromatic heterocycles. The van der Waals surface area contributed by atoms with Crippen molar-refractivity contribution in [2.24, 2.45) is 0 Å². The van der Waals surface area contributed by atoms with Gasteiger partial charge in [0.2, 0.25) is 0 Å². The van der Waals surface area contributed by atoms with Gasteiger partial charge in [-0.1, -0.05) is 6.07 Å². The summed E-state index contributed by atoms with van der Waals surface area (Å²) in [5.74, 6) is 1.23. The minimum Gasteiger partial charge on any atom is -0.382 e. The van der Waals surface area contributed by atoms with Crippen molar-refractivity contribution in [3.8, 4) is 5.82 Å². The second-order valence-corrected chi connectivity index (χ2v) is 9.35. The van der Waals surface area contributed by atoms with Crippen molar-refractivity contribution in [3.05, 3.63) is 64.8 Å². The third-order valence-electron chi connectivity index (χ3n) is 6.32. The molecule has 178 valence electrons. The van der Waals surface area contributed by atoms with Gasteiger partial charge in [-0.2, -0.15) is 0 Å². The highest BCUT2D eigenvalue weighted by atomic mass is 79.9. The molecule has 5 heterocycles.